The molecule has 1 heterocycles. The van der Waals surface area contributed by atoms with Gasteiger partial charge in [-0.1, -0.05) is 30.3 Å². The fourth-order valence-corrected chi connectivity index (χ4v) is 3.02. The predicted octanol–water partition coefficient (Wildman–Crippen LogP) is 4.65. The van der Waals surface area contributed by atoms with Crippen molar-refractivity contribution >= 4 is 23.4 Å². The number of aromatic nitrogens is 1. The lowest BCUT2D eigenvalue weighted by Crippen LogP contribution is -2.13. The van der Waals surface area contributed by atoms with Gasteiger partial charge in [0.1, 0.15) is 6.61 Å². The van der Waals surface area contributed by atoms with Crippen molar-refractivity contribution in [3.8, 4) is 17.2 Å². The zero-order valence-corrected chi connectivity index (χ0v) is 17.3. The molecule has 0 radical (unpaired) electrons. The number of benzene rings is 2. The molecule has 3 aromatic rings. The van der Waals surface area contributed by atoms with E-state index in [1.54, 1.807) is 18.3 Å². The predicted molar refractivity (Wildman–Crippen MR) is 114 cm³/mol. The quantitative estimate of drug-likeness (QED) is 0.545. The van der Waals surface area contributed by atoms with Gasteiger partial charge in [0.05, 0.1) is 31.1 Å². The maximum atomic E-state index is 12.7. The SMILES string of the molecule is COc1cc(C(=O)Nc2ccc(SC)nc2)cc(OC)c1OCc1ccccc1. The van der Waals surface area contributed by atoms with Crippen LogP contribution >= 0.6 is 11.8 Å². The van der Waals surface area contributed by atoms with E-state index in [1.807, 2.05) is 48.7 Å². The first kappa shape index (κ1) is 20.5. The number of carbonyl (C=O) groups is 1. The van der Waals surface area contributed by atoms with Crippen LogP contribution in [0.25, 0.3) is 0 Å². The number of hydrogen-bond acceptors (Lipinski definition) is 6. The van der Waals surface area contributed by atoms with E-state index >= 15 is 0 Å². The van der Waals surface area contributed by atoms with E-state index in [2.05, 4.69) is 10.3 Å². The lowest BCUT2D eigenvalue weighted by atomic mass is 10.1. The summed E-state index contributed by atoms with van der Waals surface area (Å²) in [5.74, 6) is 0.985. The van der Waals surface area contributed by atoms with Gasteiger partial charge in [0.15, 0.2) is 11.5 Å². The third-order valence-corrected chi connectivity index (χ3v) is 4.81. The Morgan fingerprint density at radius 2 is 1.72 bits per heavy atom. The molecule has 29 heavy (non-hydrogen) atoms. The highest BCUT2D eigenvalue weighted by atomic mass is 32.2. The summed E-state index contributed by atoms with van der Waals surface area (Å²) in [6, 6.07) is 16.7. The minimum atomic E-state index is -0.296. The molecule has 150 valence electrons. The van der Waals surface area contributed by atoms with E-state index in [1.165, 1.54) is 26.0 Å². The number of anilines is 1. The van der Waals surface area contributed by atoms with Gasteiger partial charge in [-0.25, -0.2) is 4.98 Å². The molecule has 3 rings (SSSR count). The van der Waals surface area contributed by atoms with Crippen molar-refractivity contribution in [2.75, 3.05) is 25.8 Å². The largest absolute Gasteiger partial charge is 0.493 e. The molecule has 0 unspecified atom stereocenters. The Hall–Kier alpha value is -3.19. The van der Waals surface area contributed by atoms with Crippen LogP contribution < -0.4 is 19.5 Å². The van der Waals surface area contributed by atoms with Crippen molar-refractivity contribution in [2.24, 2.45) is 0 Å². The number of methoxy groups -OCH3 is 2. The van der Waals surface area contributed by atoms with Crippen LogP contribution in [0, 0.1) is 0 Å². The number of carbonyl (C=O) groups excluding carboxylic acids is 1. The first-order valence-electron chi connectivity index (χ1n) is 8.88. The first-order valence-corrected chi connectivity index (χ1v) is 10.1. The summed E-state index contributed by atoms with van der Waals surface area (Å²) in [6.07, 6.45) is 3.57. The molecule has 0 bridgehead atoms. The number of rotatable bonds is 8. The molecule has 0 aliphatic rings. The third-order valence-electron chi connectivity index (χ3n) is 4.15. The van der Waals surface area contributed by atoms with Crippen molar-refractivity contribution in [1.82, 2.24) is 4.98 Å². The molecule has 0 atom stereocenters. The third kappa shape index (κ3) is 5.20. The summed E-state index contributed by atoms with van der Waals surface area (Å²) in [6.45, 7) is 0.354. The first-order chi connectivity index (χ1) is 14.1. The van der Waals surface area contributed by atoms with E-state index < -0.39 is 0 Å². The van der Waals surface area contributed by atoms with E-state index in [9.17, 15) is 4.79 Å². The molecule has 6 nitrogen and oxygen atoms in total. The average Bonchev–Trinajstić information content (AvgIpc) is 2.78. The Kier molecular flexibility index (Phi) is 6.97. The van der Waals surface area contributed by atoms with Gasteiger partial charge in [0.25, 0.3) is 5.91 Å². The number of thioether (sulfide) groups is 1. The van der Waals surface area contributed by atoms with E-state index in [4.69, 9.17) is 14.2 Å². The molecule has 1 amide bonds. The maximum absolute atomic E-state index is 12.7. The Labute approximate surface area is 174 Å². The van der Waals surface area contributed by atoms with Crippen LogP contribution in [0.3, 0.4) is 0 Å². The van der Waals surface area contributed by atoms with Crippen molar-refractivity contribution in [2.45, 2.75) is 11.6 Å². The van der Waals surface area contributed by atoms with E-state index in [-0.39, 0.29) is 5.91 Å². The fourth-order valence-electron chi connectivity index (χ4n) is 2.66. The number of nitrogens with one attached hydrogen (secondary N) is 1. The van der Waals surface area contributed by atoms with Crippen molar-refractivity contribution in [3.05, 3.63) is 71.9 Å². The monoisotopic (exact) mass is 410 g/mol. The van der Waals surface area contributed by atoms with Gasteiger partial charge in [-0.3, -0.25) is 4.79 Å². The van der Waals surface area contributed by atoms with Crippen molar-refractivity contribution in [3.63, 3.8) is 0 Å². The molecule has 0 aliphatic heterocycles. The number of nitrogens with zero attached hydrogens (tertiary/aromatic N) is 1. The molecule has 0 aliphatic carbocycles. The van der Waals surface area contributed by atoms with Crippen molar-refractivity contribution < 1.29 is 19.0 Å². The lowest BCUT2D eigenvalue weighted by Gasteiger charge is -2.16. The standard InChI is InChI=1S/C22H22N2O4S/c1-26-18-11-16(22(25)24-17-9-10-20(29-3)23-13-17)12-19(27-2)21(18)28-14-15-7-5-4-6-8-15/h4-13H,14H2,1-3H3,(H,24,25). The molecule has 1 N–H and O–H groups in total. The summed E-state index contributed by atoms with van der Waals surface area (Å²) in [5.41, 5.74) is 2.01. The Morgan fingerprint density at radius 3 is 2.28 bits per heavy atom. The van der Waals surface area contributed by atoms with Gasteiger partial charge in [-0.05, 0) is 36.1 Å². The van der Waals surface area contributed by atoms with Crippen LogP contribution in [0.15, 0.2) is 65.8 Å². The summed E-state index contributed by atoms with van der Waals surface area (Å²) >= 11 is 1.54. The van der Waals surface area contributed by atoms with Crippen molar-refractivity contribution in [1.29, 1.82) is 0 Å². The molecule has 0 saturated carbocycles. The van der Waals surface area contributed by atoms with E-state index in [0.29, 0.717) is 35.1 Å². The number of pyridine rings is 1. The zero-order chi connectivity index (χ0) is 20.6. The second-order valence-corrected chi connectivity index (χ2v) is 6.85. The molecule has 0 fully saturated rings. The topological polar surface area (TPSA) is 69.7 Å². The maximum Gasteiger partial charge on any atom is 0.255 e. The fraction of sp³-hybridized carbons (Fsp3) is 0.182. The molecule has 0 spiro atoms. The number of hydrogen-bond donors (Lipinski definition) is 1. The highest BCUT2D eigenvalue weighted by Crippen LogP contribution is 2.39. The van der Waals surface area contributed by atoms with Gasteiger partial charge >= 0.3 is 0 Å². The molecule has 2 aromatic carbocycles. The van der Waals surface area contributed by atoms with Gasteiger partial charge in [0.2, 0.25) is 5.75 Å². The van der Waals surface area contributed by atoms with Gasteiger partial charge < -0.3 is 19.5 Å². The van der Waals surface area contributed by atoms with Crippen LogP contribution in [0.4, 0.5) is 5.69 Å². The summed E-state index contributed by atoms with van der Waals surface area (Å²) < 4.78 is 16.8. The Bertz CT molecular complexity index is 937. The average molecular weight is 410 g/mol. The van der Waals surface area contributed by atoms with Gasteiger partial charge in [0, 0.05) is 5.56 Å². The van der Waals surface area contributed by atoms with E-state index in [0.717, 1.165) is 10.6 Å². The normalized spacial score (nSPS) is 10.3. The number of ether oxygens (including phenoxy) is 3. The summed E-state index contributed by atoms with van der Waals surface area (Å²) in [7, 11) is 3.05. The lowest BCUT2D eigenvalue weighted by molar-refractivity contribution is 0.102. The molecule has 0 saturated heterocycles. The highest BCUT2D eigenvalue weighted by Gasteiger charge is 2.18. The van der Waals surface area contributed by atoms with Crippen LogP contribution in [0.1, 0.15) is 15.9 Å². The van der Waals surface area contributed by atoms with Gasteiger partial charge in [-0.15, -0.1) is 11.8 Å². The van der Waals surface area contributed by atoms with Crippen LogP contribution in [-0.2, 0) is 6.61 Å². The summed E-state index contributed by atoms with van der Waals surface area (Å²) in [5, 5.41) is 3.71. The molecule has 1 aromatic heterocycles. The molecular weight excluding hydrogens is 388 g/mol. The van der Waals surface area contributed by atoms with Crippen LogP contribution in [0.5, 0.6) is 17.2 Å². The second-order valence-electron chi connectivity index (χ2n) is 6.03. The Balaban J connectivity index is 1.81. The van der Waals surface area contributed by atoms with Crippen LogP contribution in [-0.4, -0.2) is 31.4 Å². The smallest absolute Gasteiger partial charge is 0.255 e. The second kappa shape index (κ2) is 9.84. The molecule has 7 heteroatoms. The highest BCUT2D eigenvalue weighted by molar-refractivity contribution is 7.98. The minimum Gasteiger partial charge on any atom is -0.493 e. The number of amides is 1. The van der Waals surface area contributed by atoms with Gasteiger partial charge in [-0.2, -0.15) is 0 Å². The summed E-state index contributed by atoms with van der Waals surface area (Å²) in [4.78, 5) is 17.0. The molecular formula is C22H22N2O4S. The minimum absolute atomic E-state index is 0.296. The van der Waals surface area contributed by atoms with Crippen LogP contribution in [0.2, 0.25) is 0 Å². The zero-order valence-electron chi connectivity index (χ0n) is 16.5. The Morgan fingerprint density at radius 1 is 1.03 bits per heavy atom.